The number of anilines is 1. The molecule has 1 atom stereocenters. The van der Waals surface area contributed by atoms with Crippen LogP contribution in [0.25, 0.3) is 11.0 Å². The zero-order valence-corrected chi connectivity index (χ0v) is 13.3. The van der Waals surface area contributed by atoms with Crippen molar-refractivity contribution in [2.45, 2.75) is 19.9 Å². The standard InChI is InChI=1S/C14H17BrN4O/c1-4-19(3)14(20)9(2)18-11-5-6-16-12-7-10(15)8-17-13(11)12/h5-9H,4H2,1-3H3,(H,16,18). The number of carbonyl (C=O) groups excluding carboxylic acids is 1. The van der Waals surface area contributed by atoms with E-state index in [9.17, 15) is 4.79 Å². The van der Waals surface area contributed by atoms with Gasteiger partial charge >= 0.3 is 0 Å². The number of nitrogens with zero attached hydrogens (tertiary/aromatic N) is 3. The molecule has 1 unspecified atom stereocenters. The van der Waals surface area contributed by atoms with Gasteiger partial charge in [0.15, 0.2) is 0 Å². The van der Waals surface area contributed by atoms with Crippen LogP contribution < -0.4 is 5.32 Å². The van der Waals surface area contributed by atoms with Crippen molar-refractivity contribution in [2.24, 2.45) is 0 Å². The van der Waals surface area contributed by atoms with Crippen LogP contribution in [0, 0.1) is 0 Å². The minimum Gasteiger partial charge on any atom is -0.372 e. The maximum absolute atomic E-state index is 12.1. The first-order valence-electron chi connectivity index (χ1n) is 6.44. The molecule has 2 rings (SSSR count). The molecule has 0 saturated carbocycles. The SMILES string of the molecule is CCN(C)C(=O)C(C)Nc1ccnc2cc(Br)cnc12. The quantitative estimate of drug-likeness (QED) is 0.932. The average Bonchev–Trinajstić information content (AvgIpc) is 2.45. The van der Waals surface area contributed by atoms with Crippen LogP contribution in [-0.4, -0.2) is 40.4 Å². The Bertz CT molecular complexity index is 632. The fourth-order valence-electron chi connectivity index (χ4n) is 1.90. The van der Waals surface area contributed by atoms with Gasteiger partial charge in [0.2, 0.25) is 5.91 Å². The van der Waals surface area contributed by atoms with Gasteiger partial charge in [-0.3, -0.25) is 14.8 Å². The summed E-state index contributed by atoms with van der Waals surface area (Å²) in [7, 11) is 1.79. The van der Waals surface area contributed by atoms with Gasteiger partial charge in [0.1, 0.15) is 11.6 Å². The average molecular weight is 337 g/mol. The van der Waals surface area contributed by atoms with E-state index >= 15 is 0 Å². The van der Waals surface area contributed by atoms with Gasteiger partial charge in [0.25, 0.3) is 0 Å². The van der Waals surface area contributed by atoms with Crippen molar-refractivity contribution in [3.63, 3.8) is 0 Å². The summed E-state index contributed by atoms with van der Waals surface area (Å²) in [6.45, 7) is 4.48. The number of nitrogens with one attached hydrogen (secondary N) is 1. The molecule has 0 aliphatic rings. The number of hydrogen-bond acceptors (Lipinski definition) is 4. The third kappa shape index (κ3) is 3.07. The van der Waals surface area contributed by atoms with E-state index in [-0.39, 0.29) is 11.9 Å². The molecule has 0 aliphatic carbocycles. The molecule has 0 saturated heterocycles. The van der Waals surface area contributed by atoms with Gasteiger partial charge in [-0.2, -0.15) is 0 Å². The van der Waals surface area contributed by atoms with Gasteiger partial charge in [-0.05, 0) is 41.9 Å². The molecule has 106 valence electrons. The van der Waals surface area contributed by atoms with Crippen LogP contribution in [0.3, 0.4) is 0 Å². The third-order valence-electron chi connectivity index (χ3n) is 3.14. The van der Waals surface area contributed by atoms with Crippen LogP contribution in [0.4, 0.5) is 5.69 Å². The van der Waals surface area contributed by atoms with Crippen LogP contribution in [0.2, 0.25) is 0 Å². The van der Waals surface area contributed by atoms with Crippen molar-refractivity contribution in [3.05, 3.63) is 29.0 Å². The molecule has 2 heterocycles. The number of fused-ring (bicyclic) bond motifs is 1. The van der Waals surface area contributed by atoms with Gasteiger partial charge in [-0.1, -0.05) is 0 Å². The first-order valence-corrected chi connectivity index (χ1v) is 7.24. The molecule has 2 aromatic rings. The van der Waals surface area contributed by atoms with Crippen LogP contribution in [-0.2, 0) is 4.79 Å². The van der Waals surface area contributed by atoms with E-state index in [0.29, 0.717) is 6.54 Å². The number of aromatic nitrogens is 2. The second kappa shape index (κ2) is 6.17. The Hall–Kier alpha value is -1.69. The second-order valence-electron chi connectivity index (χ2n) is 4.60. The molecule has 0 aliphatic heterocycles. The van der Waals surface area contributed by atoms with Crippen molar-refractivity contribution in [1.82, 2.24) is 14.9 Å². The summed E-state index contributed by atoms with van der Waals surface area (Å²) in [6, 6.07) is 3.42. The number of pyridine rings is 2. The number of carbonyl (C=O) groups is 1. The van der Waals surface area contributed by atoms with Crippen LogP contribution in [0.15, 0.2) is 29.0 Å². The van der Waals surface area contributed by atoms with Gasteiger partial charge in [0.05, 0.1) is 11.2 Å². The highest BCUT2D eigenvalue weighted by Crippen LogP contribution is 2.22. The first-order chi connectivity index (χ1) is 9.52. The highest BCUT2D eigenvalue weighted by molar-refractivity contribution is 9.10. The van der Waals surface area contributed by atoms with Crippen molar-refractivity contribution in [1.29, 1.82) is 0 Å². The van der Waals surface area contributed by atoms with Crippen molar-refractivity contribution < 1.29 is 4.79 Å². The zero-order chi connectivity index (χ0) is 14.7. The summed E-state index contributed by atoms with van der Waals surface area (Å²) in [5.74, 6) is 0.0505. The van der Waals surface area contributed by atoms with Gasteiger partial charge in [0, 0.05) is 30.5 Å². The largest absolute Gasteiger partial charge is 0.372 e. The summed E-state index contributed by atoms with van der Waals surface area (Å²) in [5, 5.41) is 3.21. The van der Waals surface area contributed by atoms with E-state index in [1.165, 1.54) is 0 Å². The Balaban J connectivity index is 2.28. The van der Waals surface area contributed by atoms with Crippen LogP contribution in [0.1, 0.15) is 13.8 Å². The molecule has 0 fully saturated rings. The molecule has 1 amide bonds. The number of amides is 1. The van der Waals surface area contributed by atoms with Crippen molar-refractivity contribution in [3.8, 4) is 0 Å². The van der Waals surface area contributed by atoms with Crippen LogP contribution in [0.5, 0.6) is 0 Å². The zero-order valence-electron chi connectivity index (χ0n) is 11.7. The predicted molar refractivity (Wildman–Crippen MR) is 83.6 cm³/mol. The molecule has 2 aromatic heterocycles. The molecular formula is C14H17BrN4O. The molecule has 0 bridgehead atoms. The summed E-state index contributed by atoms with van der Waals surface area (Å²) < 4.78 is 0.879. The third-order valence-corrected chi connectivity index (χ3v) is 3.57. The second-order valence-corrected chi connectivity index (χ2v) is 5.51. The fraction of sp³-hybridized carbons (Fsp3) is 0.357. The lowest BCUT2D eigenvalue weighted by Crippen LogP contribution is -2.38. The van der Waals surface area contributed by atoms with E-state index in [2.05, 4.69) is 31.2 Å². The van der Waals surface area contributed by atoms with Crippen molar-refractivity contribution in [2.75, 3.05) is 18.9 Å². The fourth-order valence-corrected chi connectivity index (χ4v) is 2.22. The highest BCUT2D eigenvalue weighted by atomic mass is 79.9. The number of rotatable bonds is 4. The van der Waals surface area contributed by atoms with Gasteiger partial charge in [-0.25, -0.2) is 0 Å². The highest BCUT2D eigenvalue weighted by Gasteiger charge is 2.17. The summed E-state index contributed by atoms with van der Waals surface area (Å²) >= 11 is 3.38. The lowest BCUT2D eigenvalue weighted by Gasteiger charge is -2.21. The molecule has 6 heteroatoms. The van der Waals surface area contributed by atoms with E-state index in [0.717, 1.165) is 21.2 Å². The lowest BCUT2D eigenvalue weighted by molar-refractivity contribution is -0.130. The minimum atomic E-state index is -0.309. The molecule has 5 nitrogen and oxygen atoms in total. The van der Waals surface area contributed by atoms with E-state index < -0.39 is 0 Å². The van der Waals surface area contributed by atoms with Crippen molar-refractivity contribution >= 4 is 38.6 Å². The predicted octanol–water partition coefficient (Wildman–Crippen LogP) is 2.67. The lowest BCUT2D eigenvalue weighted by atomic mass is 10.2. The molecule has 0 spiro atoms. The Morgan fingerprint density at radius 3 is 2.95 bits per heavy atom. The molecule has 0 aromatic carbocycles. The van der Waals surface area contributed by atoms with Gasteiger partial charge < -0.3 is 10.2 Å². The molecule has 20 heavy (non-hydrogen) atoms. The number of hydrogen-bond donors (Lipinski definition) is 1. The monoisotopic (exact) mass is 336 g/mol. The van der Waals surface area contributed by atoms with Crippen LogP contribution >= 0.6 is 15.9 Å². The van der Waals surface area contributed by atoms with E-state index in [1.54, 1.807) is 24.3 Å². The van der Waals surface area contributed by atoms with E-state index in [4.69, 9.17) is 0 Å². The maximum Gasteiger partial charge on any atom is 0.244 e. The minimum absolute atomic E-state index is 0.0505. The normalized spacial score (nSPS) is 12.2. The molecule has 1 N–H and O–H groups in total. The van der Waals surface area contributed by atoms with Gasteiger partial charge in [-0.15, -0.1) is 0 Å². The topological polar surface area (TPSA) is 58.1 Å². The molecular weight excluding hydrogens is 320 g/mol. The first kappa shape index (κ1) is 14.7. The molecule has 0 radical (unpaired) electrons. The number of likely N-dealkylation sites (N-methyl/N-ethyl adjacent to an activating group) is 1. The Morgan fingerprint density at radius 1 is 1.50 bits per heavy atom. The Labute approximate surface area is 126 Å². The Kier molecular flexibility index (Phi) is 4.54. The Morgan fingerprint density at radius 2 is 2.25 bits per heavy atom. The maximum atomic E-state index is 12.1. The number of halogens is 1. The smallest absolute Gasteiger partial charge is 0.244 e. The van der Waals surface area contributed by atoms with E-state index in [1.807, 2.05) is 26.0 Å². The summed E-state index contributed by atoms with van der Waals surface area (Å²) in [5.41, 5.74) is 2.36. The summed E-state index contributed by atoms with van der Waals surface area (Å²) in [6.07, 6.45) is 3.43. The summed E-state index contributed by atoms with van der Waals surface area (Å²) in [4.78, 5) is 22.4.